The number of esters is 1. The third-order valence-corrected chi connectivity index (χ3v) is 3.09. The number of hydrogen-bond donors (Lipinski definition) is 0. The van der Waals surface area contributed by atoms with Crippen molar-refractivity contribution >= 4 is 11.9 Å². The zero-order valence-electron chi connectivity index (χ0n) is 12.3. The Morgan fingerprint density at radius 3 is 2.30 bits per heavy atom. The maximum atomic E-state index is 12.4. The molecule has 0 aliphatic heterocycles. The second-order valence-electron chi connectivity index (χ2n) is 4.67. The molecule has 0 N–H and O–H groups in total. The summed E-state index contributed by atoms with van der Waals surface area (Å²) in [4.78, 5) is 25.2. The second kappa shape index (κ2) is 7.65. The molecule has 0 aliphatic carbocycles. The summed E-state index contributed by atoms with van der Waals surface area (Å²) in [6, 6.07) is 9.26. The molecule has 1 aromatic carbocycles. The van der Waals surface area contributed by atoms with Gasteiger partial charge in [-0.15, -0.1) is 0 Å². The summed E-state index contributed by atoms with van der Waals surface area (Å²) in [6.07, 6.45) is -0.661. The van der Waals surface area contributed by atoms with Gasteiger partial charge in [0.05, 0.1) is 13.0 Å². The first-order chi connectivity index (χ1) is 9.51. The van der Waals surface area contributed by atoms with Crippen LogP contribution in [0.5, 0.6) is 0 Å². The zero-order chi connectivity index (χ0) is 15.1. The van der Waals surface area contributed by atoms with Crippen LogP contribution in [0.3, 0.4) is 0 Å². The Hall–Kier alpha value is -1.88. The van der Waals surface area contributed by atoms with Crippen LogP contribution in [0.15, 0.2) is 30.3 Å². The number of methoxy groups -OCH3 is 2. The van der Waals surface area contributed by atoms with Crippen LogP contribution in [-0.4, -0.2) is 44.6 Å². The van der Waals surface area contributed by atoms with Gasteiger partial charge < -0.3 is 14.4 Å². The van der Waals surface area contributed by atoms with Gasteiger partial charge in [0, 0.05) is 20.7 Å². The molecule has 0 saturated carbocycles. The number of hydrogen-bond acceptors (Lipinski definition) is 4. The van der Waals surface area contributed by atoms with Crippen molar-refractivity contribution in [3.8, 4) is 0 Å². The summed E-state index contributed by atoms with van der Waals surface area (Å²) in [7, 11) is 4.48. The normalized spacial score (nSPS) is 13.4. The fourth-order valence-corrected chi connectivity index (χ4v) is 1.98. The van der Waals surface area contributed by atoms with Crippen LogP contribution in [0.2, 0.25) is 0 Å². The maximum absolute atomic E-state index is 12.4. The number of carbonyl (C=O) groups is 2. The van der Waals surface area contributed by atoms with E-state index in [4.69, 9.17) is 4.74 Å². The Bertz CT molecular complexity index is 446. The molecule has 0 aromatic heterocycles. The Morgan fingerprint density at radius 1 is 1.20 bits per heavy atom. The molecule has 1 aromatic rings. The third kappa shape index (κ3) is 4.06. The highest BCUT2D eigenvalue weighted by molar-refractivity contribution is 5.82. The van der Waals surface area contributed by atoms with Crippen molar-refractivity contribution in [1.29, 1.82) is 0 Å². The lowest BCUT2D eigenvalue weighted by Gasteiger charge is -2.25. The van der Waals surface area contributed by atoms with E-state index in [1.54, 1.807) is 14.0 Å². The van der Waals surface area contributed by atoms with Crippen LogP contribution in [0.25, 0.3) is 0 Å². The van der Waals surface area contributed by atoms with Gasteiger partial charge >= 0.3 is 5.97 Å². The molecular formula is C15H21NO4. The lowest BCUT2D eigenvalue weighted by atomic mass is 10.1. The molecule has 5 heteroatoms. The van der Waals surface area contributed by atoms with E-state index < -0.39 is 6.10 Å². The number of carbonyl (C=O) groups excluding carboxylic acids is 2. The minimum absolute atomic E-state index is 0.186. The van der Waals surface area contributed by atoms with Crippen molar-refractivity contribution in [2.24, 2.45) is 5.92 Å². The highest BCUT2D eigenvalue weighted by Crippen LogP contribution is 2.19. The smallest absolute Gasteiger partial charge is 0.310 e. The van der Waals surface area contributed by atoms with Gasteiger partial charge in [-0.2, -0.15) is 0 Å². The predicted molar refractivity (Wildman–Crippen MR) is 75.0 cm³/mol. The summed E-state index contributed by atoms with van der Waals surface area (Å²) in [5.41, 5.74) is 0.789. The highest BCUT2D eigenvalue weighted by atomic mass is 16.5. The van der Waals surface area contributed by atoms with E-state index in [0.717, 1.165) is 5.56 Å². The summed E-state index contributed by atoms with van der Waals surface area (Å²) < 4.78 is 9.94. The molecule has 1 amide bonds. The fraction of sp³-hybridized carbons (Fsp3) is 0.467. The monoisotopic (exact) mass is 279 g/mol. The Labute approximate surface area is 119 Å². The molecule has 0 spiro atoms. The molecule has 1 rings (SSSR count). The molecule has 0 aliphatic rings. The Morgan fingerprint density at radius 2 is 1.80 bits per heavy atom. The zero-order valence-corrected chi connectivity index (χ0v) is 12.3. The summed E-state index contributed by atoms with van der Waals surface area (Å²) in [5.74, 6) is -0.894. The summed E-state index contributed by atoms with van der Waals surface area (Å²) >= 11 is 0. The standard InChI is InChI=1S/C15H21NO4/c1-11(15(18)20-4)10-16(2)14(17)13(19-3)12-8-6-5-7-9-12/h5-9,11,13H,10H2,1-4H3. The first-order valence-electron chi connectivity index (χ1n) is 6.41. The van der Waals surface area contributed by atoms with Gasteiger partial charge in [0.2, 0.25) is 0 Å². The first kappa shape index (κ1) is 16.2. The van der Waals surface area contributed by atoms with Crippen LogP contribution in [0.1, 0.15) is 18.6 Å². The van der Waals surface area contributed by atoms with E-state index in [-0.39, 0.29) is 24.3 Å². The van der Waals surface area contributed by atoms with E-state index in [1.165, 1.54) is 19.1 Å². The number of ether oxygens (including phenoxy) is 2. The second-order valence-corrected chi connectivity index (χ2v) is 4.67. The third-order valence-electron chi connectivity index (χ3n) is 3.09. The lowest BCUT2D eigenvalue weighted by molar-refractivity contribution is -0.148. The highest BCUT2D eigenvalue weighted by Gasteiger charge is 2.26. The molecule has 2 unspecified atom stereocenters. The minimum atomic E-state index is -0.661. The van der Waals surface area contributed by atoms with E-state index in [9.17, 15) is 9.59 Å². The molecule has 0 heterocycles. The number of benzene rings is 1. The topological polar surface area (TPSA) is 55.8 Å². The minimum Gasteiger partial charge on any atom is -0.469 e. The largest absolute Gasteiger partial charge is 0.469 e. The lowest BCUT2D eigenvalue weighted by Crippen LogP contribution is -2.37. The molecule has 0 saturated heterocycles. The quantitative estimate of drug-likeness (QED) is 0.743. The van der Waals surface area contributed by atoms with Gasteiger partial charge in [-0.05, 0) is 5.56 Å². The van der Waals surface area contributed by atoms with Gasteiger partial charge in [0.15, 0.2) is 6.10 Å². The number of amides is 1. The molecular weight excluding hydrogens is 258 g/mol. The van der Waals surface area contributed by atoms with Gasteiger partial charge in [-0.3, -0.25) is 9.59 Å². The first-order valence-corrected chi connectivity index (χ1v) is 6.41. The number of likely N-dealkylation sites (N-methyl/N-ethyl adjacent to an activating group) is 1. The van der Waals surface area contributed by atoms with E-state index >= 15 is 0 Å². The van der Waals surface area contributed by atoms with Crippen molar-refractivity contribution in [2.75, 3.05) is 27.8 Å². The van der Waals surface area contributed by atoms with Crippen LogP contribution >= 0.6 is 0 Å². The SMILES string of the molecule is COC(=O)C(C)CN(C)C(=O)C(OC)c1ccccc1. The van der Waals surface area contributed by atoms with Gasteiger partial charge in [0.25, 0.3) is 5.91 Å². The molecule has 0 fully saturated rings. The van der Waals surface area contributed by atoms with Crippen molar-refractivity contribution in [2.45, 2.75) is 13.0 Å². The van der Waals surface area contributed by atoms with Gasteiger partial charge in [-0.1, -0.05) is 37.3 Å². The van der Waals surface area contributed by atoms with Crippen molar-refractivity contribution in [1.82, 2.24) is 4.90 Å². The van der Waals surface area contributed by atoms with E-state index in [0.29, 0.717) is 0 Å². The average Bonchev–Trinajstić information content (AvgIpc) is 2.47. The van der Waals surface area contributed by atoms with Crippen LogP contribution < -0.4 is 0 Å². The van der Waals surface area contributed by atoms with Crippen LogP contribution in [0, 0.1) is 5.92 Å². The number of nitrogens with zero attached hydrogens (tertiary/aromatic N) is 1. The fourth-order valence-electron chi connectivity index (χ4n) is 1.98. The molecule has 110 valence electrons. The van der Waals surface area contributed by atoms with Crippen LogP contribution in [0.4, 0.5) is 0 Å². The number of rotatable bonds is 6. The van der Waals surface area contributed by atoms with Crippen molar-refractivity contribution in [3.63, 3.8) is 0 Å². The molecule has 20 heavy (non-hydrogen) atoms. The van der Waals surface area contributed by atoms with Gasteiger partial charge in [-0.25, -0.2) is 0 Å². The summed E-state index contributed by atoms with van der Waals surface area (Å²) in [5, 5.41) is 0. The van der Waals surface area contributed by atoms with Gasteiger partial charge in [0.1, 0.15) is 0 Å². The van der Waals surface area contributed by atoms with Crippen molar-refractivity contribution in [3.05, 3.63) is 35.9 Å². The molecule has 0 radical (unpaired) electrons. The Balaban J connectivity index is 2.74. The van der Waals surface area contributed by atoms with Crippen molar-refractivity contribution < 1.29 is 19.1 Å². The van der Waals surface area contributed by atoms with E-state index in [1.807, 2.05) is 30.3 Å². The Kier molecular flexibility index (Phi) is 6.18. The molecule has 2 atom stereocenters. The van der Waals surface area contributed by atoms with E-state index in [2.05, 4.69) is 4.74 Å². The molecule has 5 nitrogen and oxygen atoms in total. The maximum Gasteiger partial charge on any atom is 0.310 e. The molecule has 0 bridgehead atoms. The van der Waals surface area contributed by atoms with Crippen LogP contribution in [-0.2, 0) is 19.1 Å². The predicted octanol–water partition coefficient (Wildman–Crippen LogP) is 1.64. The summed E-state index contributed by atoms with van der Waals surface area (Å²) in [6.45, 7) is 2.01. The average molecular weight is 279 g/mol.